The molecule has 2 aliphatic heterocycles. The van der Waals surface area contributed by atoms with Crippen LogP contribution in [0, 0.1) is 9.49 Å². The van der Waals surface area contributed by atoms with E-state index in [4.69, 9.17) is 9.47 Å². The Morgan fingerprint density at radius 3 is 2.35 bits per heavy atom. The van der Waals surface area contributed by atoms with Gasteiger partial charge in [-0.1, -0.05) is 98.0 Å². The highest BCUT2D eigenvalue weighted by molar-refractivity contribution is 14.1. The van der Waals surface area contributed by atoms with Crippen molar-refractivity contribution in [1.29, 1.82) is 0 Å². The van der Waals surface area contributed by atoms with Gasteiger partial charge in [-0.3, -0.25) is 9.59 Å². The molecule has 1 N–H and O–H groups in total. The fourth-order valence-electron chi connectivity index (χ4n) is 7.96. The van der Waals surface area contributed by atoms with Crippen LogP contribution in [0.2, 0.25) is 18.6 Å². The molecule has 1 saturated heterocycles. The summed E-state index contributed by atoms with van der Waals surface area (Å²) in [5.74, 6) is 0.398. The predicted molar refractivity (Wildman–Crippen MR) is 200 cm³/mol. The van der Waals surface area contributed by atoms with Crippen LogP contribution in [0.1, 0.15) is 30.0 Å². The Labute approximate surface area is 298 Å². The number of halogens is 1. The molecule has 0 aliphatic carbocycles. The Kier molecular flexibility index (Phi) is 10.1. The third-order valence-corrected chi connectivity index (χ3v) is 15.3. The number of ether oxygens (including phenoxy) is 2. The molecule has 4 aromatic rings. The summed E-state index contributed by atoms with van der Waals surface area (Å²) in [4.78, 5) is 32.7. The maximum atomic E-state index is 15.0. The Bertz CT molecular complexity index is 1770. The van der Waals surface area contributed by atoms with Crippen LogP contribution in [-0.2, 0) is 33.0 Å². The first kappa shape index (κ1) is 34.4. The van der Waals surface area contributed by atoms with Gasteiger partial charge < -0.3 is 24.4 Å². The van der Waals surface area contributed by atoms with Crippen molar-refractivity contribution in [2.24, 2.45) is 5.92 Å². The van der Waals surface area contributed by atoms with Crippen molar-refractivity contribution in [1.82, 2.24) is 4.90 Å². The van der Waals surface area contributed by atoms with Crippen LogP contribution < -0.4 is 14.8 Å². The van der Waals surface area contributed by atoms with Gasteiger partial charge >= 0.3 is 0 Å². The molecule has 0 unspecified atom stereocenters. The van der Waals surface area contributed by atoms with E-state index in [9.17, 15) is 14.7 Å². The zero-order valence-corrected chi connectivity index (χ0v) is 31.1. The molecular formula is C39H43IN2O5Si. The smallest absolute Gasteiger partial charge is 0.264 e. The molecule has 0 saturated carbocycles. The number of nitrogens with zero attached hydrogens (tertiary/aromatic N) is 2. The van der Waals surface area contributed by atoms with Crippen LogP contribution in [0.5, 0.6) is 5.75 Å². The maximum Gasteiger partial charge on any atom is 0.264 e. The van der Waals surface area contributed by atoms with Crippen molar-refractivity contribution in [2.75, 3.05) is 25.2 Å². The highest BCUT2D eigenvalue weighted by Crippen LogP contribution is 2.60. The molecular weight excluding hydrogens is 731 g/mol. The van der Waals surface area contributed by atoms with Gasteiger partial charge in [0, 0.05) is 28.1 Å². The summed E-state index contributed by atoms with van der Waals surface area (Å²) >= 11 is 2.30. The molecule has 6 rings (SSSR count). The van der Waals surface area contributed by atoms with Crippen molar-refractivity contribution in [3.05, 3.63) is 123 Å². The van der Waals surface area contributed by atoms with Gasteiger partial charge in [0.05, 0.1) is 46.5 Å². The molecule has 48 heavy (non-hydrogen) atoms. The lowest BCUT2D eigenvalue weighted by atomic mass is 9.82. The molecule has 0 aromatic heterocycles. The second-order valence-corrected chi connectivity index (χ2v) is 19.4. The zero-order chi connectivity index (χ0) is 34.1. The lowest BCUT2D eigenvalue weighted by Crippen LogP contribution is -2.52. The minimum atomic E-state index is -2.42. The number of carbonyl (C=O) groups is 2. The molecule has 2 amide bonds. The standard InChI is InChI=1S/C39H43IN2O5Si/c1-27-37(48(3,4)32-19-17-31(46-2)18-20-32)35(24-36(44)41(21-22-43)25-28-11-6-5-7-12-28)47-39(27)33-15-8-9-16-34(33)42(38(39)45)26-29-13-10-14-30(40)23-29/h5-20,23,27,35,37,43H,21-22,24-26H2,1-4H3/t27-,35+,37-,39+/m0/s1. The SMILES string of the molecule is COc1ccc([Si](C)(C)[C@@H]2[C@@H](CC(=O)N(CCO)Cc3ccccc3)O[C@]3(C(=O)N(Cc4cccc(I)c4)c4ccccc43)[C@H]2C)cc1. The zero-order valence-electron chi connectivity index (χ0n) is 27.9. The molecule has 2 heterocycles. The summed E-state index contributed by atoms with van der Waals surface area (Å²) in [6.07, 6.45) is -0.398. The molecule has 1 spiro atoms. The van der Waals surface area contributed by atoms with E-state index in [1.165, 1.54) is 5.19 Å². The predicted octanol–water partition coefficient (Wildman–Crippen LogP) is 6.47. The molecule has 1 fully saturated rings. The summed E-state index contributed by atoms with van der Waals surface area (Å²) in [5, 5.41) is 11.2. The van der Waals surface area contributed by atoms with E-state index in [0.29, 0.717) is 13.1 Å². The van der Waals surface area contributed by atoms with E-state index in [1.54, 1.807) is 12.0 Å². The van der Waals surface area contributed by atoms with Gasteiger partial charge in [-0.2, -0.15) is 0 Å². The highest BCUT2D eigenvalue weighted by atomic mass is 127. The van der Waals surface area contributed by atoms with E-state index in [-0.39, 0.29) is 42.8 Å². The fraction of sp³-hybridized carbons (Fsp3) is 0.333. The molecule has 9 heteroatoms. The van der Waals surface area contributed by atoms with Crippen LogP contribution in [0.25, 0.3) is 0 Å². The largest absolute Gasteiger partial charge is 0.497 e. The third-order valence-electron chi connectivity index (χ3n) is 10.3. The van der Waals surface area contributed by atoms with E-state index in [2.05, 4.69) is 66.9 Å². The van der Waals surface area contributed by atoms with Gasteiger partial charge in [0.15, 0.2) is 5.60 Å². The van der Waals surface area contributed by atoms with Gasteiger partial charge in [-0.15, -0.1) is 0 Å². The number of benzene rings is 4. The van der Waals surface area contributed by atoms with Gasteiger partial charge in [0.25, 0.3) is 5.91 Å². The van der Waals surface area contributed by atoms with Crippen molar-refractivity contribution in [3.63, 3.8) is 0 Å². The Hall–Kier alpha value is -3.51. The first-order valence-corrected chi connectivity index (χ1v) is 20.7. The van der Waals surface area contributed by atoms with Crippen molar-refractivity contribution >= 4 is 53.4 Å². The molecule has 2 aliphatic rings. The number of fused-ring (bicyclic) bond motifs is 2. The number of hydrogen-bond acceptors (Lipinski definition) is 5. The number of amides is 2. The van der Waals surface area contributed by atoms with E-state index >= 15 is 0 Å². The Balaban J connectivity index is 1.41. The maximum absolute atomic E-state index is 15.0. The second-order valence-electron chi connectivity index (χ2n) is 13.4. The topological polar surface area (TPSA) is 79.3 Å². The number of aliphatic hydroxyl groups is 1. The van der Waals surface area contributed by atoms with E-state index < -0.39 is 19.8 Å². The van der Waals surface area contributed by atoms with Gasteiger partial charge in [0.1, 0.15) is 5.75 Å². The molecule has 0 radical (unpaired) electrons. The van der Waals surface area contributed by atoms with Crippen molar-refractivity contribution in [2.45, 2.75) is 56.8 Å². The number of methoxy groups -OCH3 is 1. The van der Waals surface area contributed by atoms with Crippen molar-refractivity contribution < 1.29 is 24.2 Å². The highest BCUT2D eigenvalue weighted by Gasteiger charge is 2.66. The number of hydrogen-bond donors (Lipinski definition) is 1. The average Bonchev–Trinajstić information content (AvgIpc) is 3.51. The molecule has 7 nitrogen and oxygen atoms in total. The molecule has 0 bridgehead atoms. The Morgan fingerprint density at radius 2 is 1.67 bits per heavy atom. The third kappa shape index (κ3) is 6.33. The number of para-hydroxylation sites is 1. The molecule has 250 valence electrons. The average molecular weight is 775 g/mol. The summed E-state index contributed by atoms with van der Waals surface area (Å²) in [6.45, 7) is 7.69. The quantitative estimate of drug-likeness (QED) is 0.140. The number of carbonyl (C=O) groups excluding carboxylic acids is 2. The van der Waals surface area contributed by atoms with Gasteiger partial charge in [0.2, 0.25) is 5.91 Å². The minimum Gasteiger partial charge on any atom is -0.497 e. The first-order valence-electron chi connectivity index (χ1n) is 16.5. The molecule has 4 aromatic carbocycles. The number of aliphatic hydroxyl groups excluding tert-OH is 1. The van der Waals surface area contributed by atoms with Crippen LogP contribution >= 0.6 is 22.6 Å². The summed E-state index contributed by atoms with van der Waals surface area (Å²) < 4.78 is 13.8. The minimum absolute atomic E-state index is 0.0721. The summed E-state index contributed by atoms with van der Waals surface area (Å²) in [5.41, 5.74) is 2.46. The summed E-state index contributed by atoms with van der Waals surface area (Å²) in [6, 6.07) is 34.2. The van der Waals surface area contributed by atoms with Gasteiger partial charge in [-0.25, -0.2) is 0 Å². The number of rotatable bonds is 11. The second kappa shape index (κ2) is 14.1. The van der Waals surface area contributed by atoms with Crippen LogP contribution in [-0.4, -0.2) is 56.3 Å². The first-order chi connectivity index (χ1) is 23.1. The van der Waals surface area contributed by atoms with Crippen LogP contribution in [0.15, 0.2) is 103 Å². The monoisotopic (exact) mass is 774 g/mol. The number of anilines is 1. The van der Waals surface area contributed by atoms with Crippen LogP contribution in [0.3, 0.4) is 0 Å². The Morgan fingerprint density at radius 1 is 0.979 bits per heavy atom. The summed E-state index contributed by atoms with van der Waals surface area (Å²) in [7, 11) is -0.761. The molecule has 4 atom stereocenters. The van der Waals surface area contributed by atoms with E-state index in [0.717, 1.165) is 31.7 Å². The van der Waals surface area contributed by atoms with E-state index in [1.807, 2.05) is 83.8 Å². The van der Waals surface area contributed by atoms with Crippen molar-refractivity contribution in [3.8, 4) is 5.75 Å². The lowest BCUT2D eigenvalue weighted by Gasteiger charge is -2.37. The fourth-order valence-corrected chi connectivity index (χ4v) is 12.6. The van der Waals surface area contributed by atoms with Crippen LogP contribution in [0.4, 0.5) is 5.69 Å². The lowest BCUT2D eigenvalue weighted by molar-refractivity contribution is -0.150. The normalized spacial score (nSPS) is 21.8. The van der Waals surface area contributed by atoms with Gasteiger partial charge in [-0.05, 0) is 69.6 Å².